The first kappa shape index (κ1) is 26.8. The maximum Gasteiger partial charge on any atom is 0.334 e. The van der Waals surface area contributed by atoms with Crippen LogP contribution in [0.15, 0.2) is 24.3 Å². The van der Waals surface area contributed by atoms with Gasteiger partial charge in [0, 0.05) is 19.4 Å². The number of hydrogen-bond donors (Lipinski definition) is 4. The lowest BCUT2D eigenvalue weighted by Gasteiger charge is -2.22. The molecule has 0 aromatic heterocycles. The number of imide groups is 1. The number of rotatable bonds is 14. The highest BCUT2D eigenvalue weighted by Crippen LogP contribution is 2.14. The van der Waals surface area contributed by atoms with E-state index in [4.69, 9.17) is 5.73 Å². The van der Waals surface area contributed by atoms with Crippen molar-refractivity contribution in [3.05, 3.63) is 24.3 Å². The van der Waals surface area contributed by atoms with Crippen LogP contribution in [0.4, 0.5) is 14.0 Å². The first-order valence-electron chi connectivity index (χ1n) is 10.7. The largest absolute Gasteiger partial charge is 0.370 e. The average molecular weight is 454 g/mol. The summed E-state index contributed by atoms with van der Waals surface area (Å²) in [7, 11) is 0. The van der Waals surface area contributed by atoms with Crippen molar-refractivity contribution >= 4 is 29.7 Å². The standard InChI is InChI=1S/C21H32FN5O5/c1-3-4-5-6-7-10-19(30)26-16(12-18(23)29)17(28)9-8-11-24-20(31)27-13-15(22)14(2)25-21(27)32/h13,16H,2-12H2,1H3,(H2,23,29)(H,24,31)(H,25,32)(H,26,30)/t16-/m1/s1. The highest BCUT2D eigenvalue weighted by atomic mass is 19.1. The molecule has 1 rings (SSSR count). The van der Waals surface area contributed by atoms with Crippen molar-refractivity contribution in [3.63, 3.8) is 0 Å². The molecule has 1 atom stereocenters. The SMILES string of the molecule is C=C1NC(=O)N(C(=O)NCCCC(=O)[C@@H](CC(N)=O)NC(=O)CCCCCCC)C=C1F. The number of amides is 6. The van der Waals surface area contributed by atoms with Crippen molar-refractivity contribution < 1.29 is 28.4 Å². The second-order valence-electron chi connectivity index (χ2n) is 7.51. The molecule has 0 fully saturated rings. The van der Waals surface area contributed by atoms with Gasteiger partial charge in [0.15, 0.2) is 11.6 Å². The lowest BCUT2D eigenvalue weighted by Crippen LogP contribution is -2.48. The van der Waals surface area contributed by atoms with Crippen LogP contribution in [0.3, 0.4) is 0 Å². The van der Waals surface area contributed by atoms with Crippen molar-refractivity contribution in [1.29, 1.82) is 0 Å². The fourth-order valence-corrected chi connectivity index (χ4v) is 2.97. The number of carbonyl (C=O) groups excluding carboxylic acids is 5. The summed E-state index contributed by atoms with van der Waals surface area (Å²) in [6.07, 6.45) is 5.65. The molecule has 0 radical (unpaired) electrons. The molecule has 0 aromatic carbocycles. The molecule has 0 spiro atoms. The molecule has 0 bridgehead atoms. The number of urea groups is 2. The second kappa shape index (κ2) is 13.9. The summed E-state index contributed by atoms with van der Waals surface area (Å²) in [5.41, 5.74) is 4.95. The summed E-state index contributed by atoms with van der Waals surface area (Å²) >= 11 is 0. The van der Waals surface area contributed by atoms with E-state index in [2.05, 4.69) is 29.5 Å². The Hall–Kier alpha value is -3.24. The van der Waals surface area contributed by atoms with Crippen molar-refractivity contribution in [1.82, 2.24) is 20.9 Å². The molecule has 0 unspecified atom stereocenters. The Bertz CT molecular complexity index is 768. The van der Waals surface area contributed by atoms with Gasteiger partial charge in [0.25, 0.3) is 0 Å². The molecule has 10 nitrogen and oxygen atoms in total. The molecule has 1 heterocycles. The van der Waals surface area contributed by atoms with Crippen LogP contribution in [-0.4, -0.2) is 47.1 Å². The Balaban J connectivity index is 2.44. The number of hydrogen-bond acceptors (Lipinski definition) is 5. The van der Waals surface area contributed by atoms with E-state index in [1.807, 2.05) is 0 Å². The predicted octanol–water partition coefficient (Wildman–Crippen LogP) is 2.12. The van der Waals surface area contributed by atoms with Gasteiger partial charge in [-0.2, -0.15) is 0 Å². The lowest BCUT2D eigenvalue weighted by atomic mass is 10.0. The number of Topliss-reactive ketones (excluding diaryl/α,β-unsaturated/α-hetero) is 1. The number of halogens is 1. The zero-order valence-corrected chi connectivity index (χ0v) is 18.4. The quantitative estimate of drug-likeness (QED) is 0.297. The number of primary amides is 1. The van der Waals surface area contributed by atoms with Gasteiger partial charge in [-0.3, -0.25) is 14.4 Å². The number of ketones is 1. The molecule has 0 saturated carbocycles. The second-order valence-corrected chi connectivity index (χ2v) is 7.51. The van der Waals surface area contributed by atoms with Crippen molar-refractivity contribution in [3.8, 4) is 0 Å². The van der Waals surface area contributed by atoms with Gasteiger partial charge in [0.05, 0.1) is 24.4 Å². The van der Waals surface area contributed by atoms with Crippen LogP contribution in [0.5, 0.6) is 0 Å². The minimum atomic E-state index is -1.03. The average Bonchev–Trinajstić information content (AvgIpc) is 2.72. The molecule has 11 heteroatoms. The van der Waals surface area contributed by atoms with Gasteiger partial charge in [0.1, 0.15) is 0 Å². The van der Waals surface area contributed by atoms with Gasteiger partial charge >= 0.3 is 12.1 Å². The summed E-state index contributed by atoms with van der Waals surface area (Å²) in [6, 6.07) is -2.76. The molecular weight excluding hydrogens is 421 g/mol. The number of carbonyl (C=O) groups is 5. The van der Waals surface area contributed by atoms with E-state index >= 15 is 0 Å². The number of allylic oxidation sites excluding steroid dienone is 1. The molecule has 1 aliphatic rings. The Morgan fingerprint density at radius 1 is 1.16 bits per heavy atom. The smallest absolute Gasteiger partial charge is 0.334 e. The van der Waals surface area contributed by atoms with E-state index in [9.17, 15) is 28.4 Å². The molecule has 0 aliphatic carbocycles. The third-order valence-corrected chi connectivity index (χ3v) is 4.74. The number of nitrogens with one attached hydrogen (secondary N) is 3. The molecule has 5 N–H and O–H groups in total. The van der Waals surface area contributed by atoms with Crippen LogP contribution in [0, 0.1) is 0 Å². The van der Waals surface area contributed by atoms with Crippen LogP contribution in [-0.2, 0) is 14.4 Å². The molecular formula is C21H32FN5O5. The predicted molar refractivity (Wildman–Crippen MR) is 115 cm³/mol. The topological polar surface area (TPSA) is 151 Å². The van der Waals surface area contributed by atoms with Crippen LogP contribution in [0.2, 0.25) is 0 Å². The van der Waals surface area contributed by atoms with Crippen molar-refractivity contribution in [2.24, 2.45) is 5.73 Å². The van der Waals surface area contributed by atoms with Gasteiger partial charge < -0.3 is 21.7 Å². The maximum absolute atomic E-state index is 13.5. The van der Waals surface area contributed by atoms with Crippen LogP contribution >= 0.6 is 0 Å². The Kier molecular flexibility index (Phi) is 11.7. The van der Waals surface area contributed by atoms with Crippen LogP contribution in [0.1, 0.15) is 64.7 Å². The molecule has 178 valence electrons. The van der Waals surface area contributed by atoms with Gasteiger partial charge in [-0.25, -0.2) is 18.9 Å². The van der Waals surface area contributed by atoms with E-state index < -0.39 is 35.6 Å². The zero-order chi connectivity index (χ0) is 24.1. The van der Waals surface area contributed by atoms with Gasteiger partial charge in [-0.1, -0.05) is 39.2 Å². The monoisotopic (exact) mass is 453 g/mol. The summed E-state index contributed by atoms with van der Waals surface area (Å²) < 4.78 is 13.5. The molecule has 6 amide bonds. The molecule has 0 aromatic rings. The number of unbranched alkanes of at least 4 members (excludes halogenated alkanes) is 4. The highest BCUT2D eigenvalue weighted by molar-refractivity contribution is 5.97. The first-order valence-corrected chi connectivity index (χ1v) is 10.7. The van der Waals surface area contributed by atoms with Gasteiger partial charge in [0.2, 0.25) is 11.8 Å². The number of nitrogens with two attached hydrogens (primary N) is 1. The normalized spacial score (nSPS) is 14.3. The Labute approximate surface area is 186 Å². The van der Waals surface area contributed by atoms with Crippen molar-refractivity contribution in [2.45, 2.75) is 70.8 Å². The minimum absolute atomic E-state index is 0.0133. The van der Waals surface area contributed by atoms with E-state index in [0.29, 0.717) is 17.5 Å². The van der Waals surface area contributed by atoms with E-state index in [-0.39, 0.29) is 43.8 Å². The summed E-state index contributed by atoms with van der Waals surface area (Å²) in [5, 5.41) is 7.05. The Morgan fingerprint density at radius 3 is 2.50 bits per heavy atom. The highest BCUT2D eigenvalue weighted by Gasteiger charge is 2.26. The molecule has 32 heavy (non-hydrogen) atoms. The molecule has 0 saturated heterocycles. The van der Waals surface area contributed by atoms with Crippen LogP contribution < -0.4 is 21.7 Å². The fraction of sp³-hybridized carbons (Fsp3) is 0.571. The third kappa shape index (κ3) is 9.71. The lowest BCUT2D eigenvalue weighted by molar-refractivity contribution is -0.130. The fourth-order valence-electron chi connectivity index (χ4n) is 2.97. The van der Waals surface area contributed by atoms with Crippen molar-refractivity contribution in [2.75, 3.05) is 6.54 Å². The van der Waals surface area contributed by atoms with E-state index in [0.717, 1.165) is 25.7 Å². The van der Waals surface area contributed by atoms with Gasteiger partial charge in [-0.05, 0) is 12.8 Å². The maximum atomic E-state index is 13.5. The summed E-state index contributed by atoms with van der Waals surface area (Å²) in [4.78, 5) is 60.0. The van der Waals surface area contributed by atoms with E-state index in [1.54, 1.807) is 0 Å². The van der Waals surface area contributed by atoms with Crippen LogP contribution in [0.25, 0.3) is 0 Å². The Morgan fingerprint density at radius 2 is 1.84 bits per heavy atom. The first-order chi connectivity index (χ1) is 15.1. The van der Waals surface area contributed by atoms with Gasteiger partial charge in [-0.15, -0.1) is 0 Å². The third-order valence-electron chi connectivity index (χ3n) is 4.74. The minimum Gasteiger partial charge on any atom is -0.370 e. The zero-order valence-electron chi connectivity index (χ0n) is 18.4. The molecule has 1 aliphatic heterocycles. The van der Waals surface area contributed by atoms with E-state index in [1.165, 1.54) is 0 Å². The number of nitrogens with zero attached hydrogens (tertiary/aromatic N) is 1. The summed E-state index contributed by atoms with van der Waals surface area (Å²) in [6.45, 7) is 5.39. The summed E-state index contributed by atoms with van der Waals surface area (Å²) in [5.74, 6) is -2.28.